The standard InChI is InChI=1S/C19H40N4O2.HI/c1-4-5-14-24-16-17-25-15-11-22-19(20-3)21-10-8-13-23-12-7-6-9-18(23)2;/h18H,4-17H2,1-3H3,(H2,20,21,22);1H. The molecule has 1 saturated heterocycles. The second-order valence-corrected chi connectivity index (χ2v) is 6.74. The molecule has 2 N–H and O–H groups in total. The predicted molar refractivity (Wildman–Crippen MR) is 121 cm³/mol. The van der Waals surface area contributed by atoms with Gasteiger partial charge in [0.2, 0.25) is 0 Å². The molecule has 0 amide bonds. The number of ether oxygens (including phenoxy) is 2. The zero-order chi connectivity index (χ0) is 18.2. The fourth-order valence-corrected chi connectivity index (χ4v) is 3.01. The van der Waals surface area contributed by atoms with E-state index in [1.165, 1.54) is 38.8 Å². The molecule has 0 spiro atoms. The Bertz CT molecular complexity index is 346. The van der Waals surface area contributed by atoms with Crippen LogP contribution in [0, 0.1) is 0 Å². The Balaban J connectivity index is 0.00000625. The van der Waals surface area contributed by atoms with E-state index in [0.29, 0.717) is 19.8 Å². The van der Waals surface area contributed by atoms with Crippen molar-refractivity contribution in [2.45, 2.75) is 58.4 Å². The van der Waals surface area contributed by atoms with Gasteiger partial charge in [-0.1, -0.05) is 19.8 Å². The molecule has 1 fully saturated rings. The molecule has 0 bridgehead atoms. The van der Waals surface area contributed by atoms with E-state index >= 15 is 0 Å². The summed E-state index contributed by atoms with van der Waals surface area (Å²) < 4.78 is 11.0. The third kappa shape index (κ3) is 13.1. The van der Waals surface area contributed by atoms with Gasteiger partial charge >= 0.3 is 0 Å². The topological polar surface area (TPSA) is 58.1 Å². The van der Waals surface area contributed by atoms with Crippen molar-refractivity contribution in [3.8, 4) is 0 Å². The molecule has 6 nitrogen and oxygen atoms in total. The molecule has 0 aliphatic carbocycles. The van der Waals surface area contributed by atoms with Gasteiger partial charge in [-0.15, -0.1) is 24.0 Å². The van der Waals surface area contributed by atoms with E-state index in [-0.39, 0.29) is 24.0 Å². The first-order chi connectivity index (χ1) is 12.3. The van der Waals surface area contributed by atoms with Gasteiger partial charge in [0.1, 0.15) is 0 Å². The number of rotatable bonds is 13. The Morgan fingerprint density at radius 1 is 1.04 bits per heavy atom. The molecule has 1 heterocycles. The van der Waals surface area contributed by atoms with Crippen molar-refractivity contribution >= 4 is 29.9 Å². The van der Waals surface area contributed by atoms with Crippen LogP contribution in [0.5, 0.6) is 0 Å². The van der Waals surface area contributed by atoms with Crippen molar-refractivity contribution in [1.29, 1.82) is 0 Å². The summed E-state index contributed by atoms with van der Waals surface area (Å²) in [6.07, 6.45) is 7.54. The van der Waals surface area contributed by atoms with Gasteiger partial charge in [0, 0.05) is 39.3 Å². The van der Waals surface area contributed by atoms with E-state index in [4.69, 9.17) is 9.47 Å². The third-order valence-corrected chi connectivity index (χ3v) is 4.63. The molecular weight excluding hydrogens is 443 g/mol. The number of guanidine groups is 1. The van der Waals surface area contributed by atoms with Crippen LogP contribution in [0.1, 0.15) is 52.4 Å². The van der Waals surface area contributed by atoms with E-state index in [2.05, 4.69) is 34.4 Å². The fraction of sp³-hybridized carbons (Fsp3) is 0.947. The van der Waals surface area contributed by atoms with Crippen LogP contribution in [0.3, 0.4) is 0 Å². The minimum atomic E-state index is 0. The molecule has 156 valence electrons. The first kappa shape index (κ1) is 25.9. The van der Waals surface area contributed by atoms with Gasteiger partial charge in [-0.2, -0.15) is 0 Å². The van der Waals surface area contributed by atoms with Crippen molar-refractivity contribution in [3.05, 3.63) is 0 Å². The minimum absolute atomic E-state index is 0. The minimum Gasteiger partial charge on any atom is -0.379 e. The van der Waals surface area contributed by atoms with Gasteiger partial charge in [-0.3, -0.25) is 4.99 Å². The zero-order valence-electron chi connectivity index (χ0n) is 17.1. The number of nitrogens with one attached hydrogen (secondary N) is 2. The van der Waals surface area contributed by atoms with Crippen LogP contribution in [0.25, 0.3) is 0 Å². The Morgan fingerprint density at radius 2 is 1.77 bits per heavy atom. The fourth-order valence-electron chi connectivity index (χ4n) is 3.01. The molecule has 1 aliphatic heterocycles. The van der Waals surface area contributed by atoms with Crippen molar-refractivity contribution in [2.24, 2.45) is 4.99 Å². The van der Waals surface area contributed by atoms with Crippen LogP contribution in [0.15, 0.2) is 4.99 Å². The smallest absolute Gasteiger partial charge is 0.191 e. The summed E-state index contributed by atoms with van der Waals surface area (Å²) in [5.41, 5.74) is 0. The number of likely N-dealkylation sites (tertiary alicyclic amines) is 1. The Kier molecular flexibility index (Phi) is 18.2. The van der Waals surface area contributed by atoms with Crippen LogP contribution < -0.4 is 10.6 Å². The van der Waals surface area contributed by atoms with Gasteiger partial charge < -0.3 is 25.0 Å². The number of aliphatic imine (C=N–C) groups is 1. The highest BCUT2D eigenvalue weighted by Gasteiger charge is 2.16. The number of hydrogen-bond acceptors (Lipinski definition) is 4. The SMILES string of the molecule is CCCCOCCOCCNC(=NC)NCCCN1CCCCC1C.I. The highest BCUT2D eigenvalue weighted by atomic mass is 127. The van der Waals surface area contributed by atoms with E-state index in [9.17, 15) is 0 Å². The van der Waals surface area contributed by atoms with Gasteiger partial charge in [-0.25, -0.2) is 0 Å². The van der Waals surface area contributed by atoms with Crippen molar-refractivity contribution < 1.29 is 9.47 Å². The predicted octanol–water partition coefficient (Wildman–Crippen LogP) is 2.87. The molecule has 0 aromatic carbocycles. The molecule has 0 aromatic rings. The largest absolute Gasteiger partial charge is 0.379 e. The van der Waals surface area contributed by atoms with E-state index in [0.717, 1.165) is 44.5 Å². The molecule has 1 aliphatic rings. The number of piperidine rings is 1. The maximum Gasteiger partial charge on any atom is 0.191 e. The quantitative estimate of drug-likeness (QED) is 0.182. The second-order valence-electron chi connectivity index (χ2n) is 6.74. The van der Waals surface area contributed by atoms with Gasteiger partial charge in [0.15, 0.2) is 5.96 Å². The molecule has 1 rings (SSSR count). The monoisotopic (exact) mass is 484 g/mol. The van der Waals surface area contributed by atoms with E-state index in [1.807, 2.05) is 7.05 Å². The van der Waals surface area contributed by atoms with Crippen molar-refractivity contribution in [3.63, 3.8) is 0 Å². The molecule has 7 heteroatoms. The number of halogens is 1. The van der Waals surface area contributed by atoms with Crippen molar-refractivity contribution in [1.82, 2.24) is 15.5 Å². The number of nitrogens with zero attached hydrogens (tertiary/aromatic N) is 2. The second kappa shape index (κ2) is 18.3. The molecule has 1 atom stereocenters. The Morgan fingerprint density at radius 3 is 2.46 bits per heavy atom. The summed E-state index contributed by atoms with van der Waals surface area (Å²) in [6.45, 7) is 11.5. The maximum atomic E-state index is 5.55. The first-order valence-corrected chi connectivity index (χ1v) is 10.1. The summed E-state index contributed by atoms with van der Waals surface area (Å²) in [7, 11) is 1.81. The van der Waals surface area contributed by atoms with Crippen molar-refractivity contribution in [2.75, 3.05) is 59.7 Å². The lowest BCUT2D eigenvalue weighted by Crippen LogP contribution is -2.42. The Hall–Kier alpha value is -0.120. The lowest BCUT2D eigenvalue weighted by atomic mass is 10.0. The summed E-state index contributed by atoms with van der Waals surface area (Å²) in [5.74, 6) is 0.856. The normalized spacial score (nSPS) is 18.4. The molecule has 26 heavy (non-hydrogen) atoms. The maximum absolute atomic E-state index is 5.55. The summed E-state index contributed by atoms with van der Waals surface area (Å²) >= 11 is 0. The number of hydrogen-bond donors (Lipinski definition) is 2. The highest BCUT2D eigenvalue weighted by molar-refractivity contribution is 14.0. The lowest BCUT2D eigenvalue weighted by Gasteiger charge is -2.33. The van der Waals surface area contributed by atoms with E-state index < -0.39 is 0 Å². The summed E-state index contributed by atoms with van der Waals surface area (Å²) in [5, 5.41) is 6.67. The van der Waals surface area contributed by atoms with Crippen LogP contribution in [0.4, 0.5) is 0 Å². The summed E-state index contributed by atoms with van der Waals surface area (Å²) in [6, 6.07) is 0.745. The van der Waals surface area contributed by atoms with Gasteiger partial charge in [-0.05, 0) is 39.2 Å². The number of unbranched alkanes of at least 4 members (excludes halogenated alkanes) is 1. The van der Waals surface area contributed by atoms with Crippen LogP contribution in [-0.2, 0) is 9.47 Å². The lowest BCUT2D eigenvalue weighted by molar-refractivity contribution is 0.0487. The van der Waals surface area contributed by atoms with Gasteiger partial charge in [0.05, 0.1) is 19.8 Å². The molecule has 0 aromatic heterocycles. The Labute approximate surface area is 177 Å². The van der Waals surface area contributed by atoms with Crippen LogP contribution in [0.2, 0.25) is 0 Å². The van der Waals surface area contributed by atoms with Crippen LogP contribution >= 0.6 is 24.0 Å². The van der Waals surface area contributed by atoms with Gasteiger partial charge in [0.25, 0.3) is 0 Å². The van der Waals surface area contributed by atoms with Crippen LogP contribution in [-0.4, -0.2) is 76.6 Å². The van der Waals surface area contributed by atoms with E-state index in [1.54, 1.807) is 0 Å². The molecule has 0 saturated carbocycles. The molecular formula is C19H41IN4O2. The highest BCUT2D eigenvalue weighted by Crippen LogP contribution is 2.15. The third-order valence-electron chi connectivity index (χ3n) is 4.63. The molecule has 0 radical (unpaired) electrons. The average molecular weight is 484 g/mol. The average Bonchev–Trinajstić information content (AvgIpc) is 2.63. The summed E-state index contributed by atoms with van der Waals surface area (Å²) in [4.78, 5) is 6.86. The molecule has 1 unspecified atom stereocenters. The first-order valence-electron chi connectivity index (χ1n) is 10.1. The zero-order valence-corrected chi connectivity index (χ0v) is 19.4.